The molecule has 0 radical (unpaired) electrons. The second kappa shape index (κ2) is 8.82. The van der Waals surface area contributed by atoms with E-state index >= 15 is 0 Å². The van der Waals surface area contributed by atoms with Gasteiger partial charge in [-0.25, -0.2) is 4.98 Å². The van der Waals surface area contributed by atoms with Crippen LogP contribution in [-0.4, -0.2) is 9.91 Å². The van der Waals surface area contributed by atoms with Crippen LogP contribution in [-0.2, 0) is 11.8 Å². The molecule has 0 N–H and O–H groups in total. The van der Waals surface area contributed by atoms with Crippen molar-refractivity contribution in [1.82, 2.24) is 4.98 Å². The lowest BCUT2D eigenvalue weighted by molar-refractivity contribution is -0.385. The maximum Gasteiger partial charge on any atom is 0.291 e. The monoisotopic (exact) mass is 497 g/mol. The molecule has 0 aliphatic heterocycles. The van der Waals surface area contributed by atoms with E-state index in [1.165, 1.54) is 6.20 Å². The third-order valence-corrected chi connectivity index (χ3v) is 7.20. The highest BCUT2D eigenvalue weighted by molar-refractivity contribution is 6.06. The maximum absolute atomic E-state index is 12.0. The van der Waals surface area contributed by atoms with E-state index in [4.69, 9.17) is 4.42 Å². The summed E-state index contributed by atoms with van der Waals surface area (Å²) in [6, 6.07) is 29.9. The lowest BCUT2D eigenvalue weighted by Crippen LogP contribution is -2.13. The number of hydrogen-bond acceptors (Lipinski definition) is 5. The van der Waals surface area contributed by atoms with Crippen LogP contribution in [0.2, 0.25) is 0 Å². The summed E-state index contributed by atoms with van der Waals surface area (Å²) in [7, 11) is 0. The summed E-state index contributed by atoms with van der Waals surface area (Å²) in [5.41, 5.74) is 6.03. The summed E-state index contributed by atoms with van der Waals surface area (Å²) in [5.74, 6) is 0. The van der Waals surface area contributed by atoms with Crippen LogP contribution in [0.25, 0.3) is 44.0 Å². The number of nitrogens with zero attached hydrogens (tertiary/aromatic N) is 3. The Kier molecular flexibility index (Phi) is 5.43. The predicted octanol–water partition coefficient (Wildman–Crippen LogP) is 8.10. The number of pyridine rings is 1. The number of aromatic nitrogens is 1. The zero-order valence-electron chi connectivity index (χ0n) is 20.9. The first kappa shape index (κ1) is 23.4. The molecule has 6 aromatic rings. The average Bonchev–Trinajstić information content (AvgIpc) is 3.31. The van der Waals surface area contributed by atoms with Gasteiger partial charge in [0, 0.05) is 28.1 Å². The van der Waals surface area contributed by atoms with Gasteiger partial charge in [0.15, 0.2) is 0 Å². The summed E-state index contributed by atoms with van der Waals surface area (Å²) in [5, 5.41) is 24.3. The summed E-state index contributed by atoms with van der Waals surface area (Å²) in [6.07, 6.45) is 1.71. The van der Waals surface area contributed by atoms with E-state index in [0.717, 1.165) is 49.6 Å². The van der Waals surface area contributed by atoms with Crippen molar-refractivity contribution in [2.24, 2.45) is 0 Å². The quantitative estimate of drug-likeness (QED) is 0.177. The summed E-state index contributed by atoms with van der Waals surface area (Å²) in [6.45, 7) is 3.74. The molecule has 38 heavy (non-hydrogen) atoms. The van der Waals surface area contributed by atoms with Crippen LogP contribution in [0.3, 0.4) is 0 Å². The van der Waals surface area contributed by atoms with Crippen LogP contribution in [0.15, 0.2) is 95.5 Å². The van der Waals surface area contributed by atoms with Crippen molar-refractivity contribution in [3.63, 3.8) is 0 Å². The van der Waals surface area contributed by atoms with Gasteiger partial charge in [-0.1, -0.05) is 54.6 Å². The highest BCUT2D eigenvalue weighted by Gasteiger charge is 2.21. The Morgan fingerprint density at radius 3 is 2.37 bits per heavy atom. The van der Waals surface area contributed by atoms with Crippen molar-refractivity contribution in [1.29, 1.82) is 5.26 Å². The van der Waals surface area contributed by atoms with Crippen molar-refractivity contribution < 1.29 is 9.34 Å². The Balaban J connectivity index is 1.46. The van der Waals surface area contributed by atoms with Crippen molar-refractivity contribution in [2.45, 2.75) is 25.7 Å². The molecule has 0 aliphatic rings. The smallest absolute Gasteiger partial charge is 0.291 e. The van der Waals surface area contributed by atoms with E-state index in [9.17, 15) is 15.4 Å². The molecule has 0 saturated carbocycles. The molecule has 6 rings (SSSR count). The zero-order chi connectivity index (χ0) is 26.4. The van der Waals surface area contributed by atoms with Crippen LogP contribution in [0.5, 0.6) is 0 Å². The highest BCUT2D eigenvalue weighted by Crippen LogP contribution is 2.35. The first-order valence-corrected chi connectivity index (χ1v) is 12.3. The zero-order valence-corrected chi connectivity index (χ0v) is 20.9. The van der Waals surface area contributed by atoms with Crippen molar-refractivity contribution in [3.8, 4) is 17.2 Å². The van der Waals surface area contributed by atoms with Gasteiger partial charge in [0.2, 0.25) is 0 Å². The Bertz CT molecular complexity index is 1910. The lowest BCUT2D eigenvalue weighted by Gasteiger charge is -2.16. The highest BCUT2D eigenvalue weighted by atomic mass is 16.6. The normalized spacial score (nSPS) is 11.7. The number of nitriles is 1. The molecule has 184 valence electrons. The van der Waals surface area contributed by atoms with Crippen LogP contribution < -0.4 is 0 Å². The average molecular weight is 498 g/mol. The molecule has 6 nitrogen and oxygen atoms in total. The van der Waals surface area contributed by atoms with Gasteiger partial charge in [-0.2, -0.15) is 5.26 Å². The molecule has 2 heterocycles. The van der Waals surface area contributed by atoms with Gasteiger partial charge >= 0.3 is 0 Å². The van der Waals surface area contributed by atoms with Gasteiger partial charge in [-0.05, 0) is 66.4 Å². The fraction of sp³-hybridized carbons (Fsp3) is 0.125. The Hall–Kier alpha value is -5.02. The van der Waals surface area contributed by atoms with E-state index < -0.39 is 5.41 Å². The molecule has 0 unspecified atom stereocenters. The number of furan rings is 1. The molecular formula is C32H23N3O3. The minimum atomic E-state index is -0.607. The van der Waals surface area contributed by atoms with E-state index in [1.54, 1.807) is 0 Å². The number of para-hydroxylation sites is 1. The Labute approximate surface area is 218 Å². The molecule has 0 spiro atoms. The summed E-state index contributed by atoms with van der Waals surface area (Å²) in [4.78, 5) is 16.0. The number of nitro groups is 1. The summed E-state index contributed by atoms with van der Waals surface area (Å²) < 4.78 is 6.08. The predicted molar refractivity (Wildman–Crippen MR) is 149 cm³/mol. The molecule has 0 aliphatic carbocycles. The first-order chi connectivity index (χ1) is 18.3. The topological polar surface area (TPSA) is 93.0 Å². The lowest BCUT2D eigenvalue weighted by atomic mass is 9.85. The van der Waals surface area contributed by atoms with Gasteiger partial charge in [0.1, 0.15) is 17.4 Å². The number of fused-ring (bicyclic) bond motifs is 4. The maximum atomic E-state index is 12.0. The molecular weight excluding hydrogens is 474 g/mol. The van der Waals surface area contributed by atoms with E-state index in [-0.39, 0.29) is 10.6 Å². The SMILES string of the molecule is CC(C)(C#N)c1ccc(Cc2c([N+](=O)[O-])cnc3ccc(-c4ccc5c(c4)oc4ccccc45)cc23)cc1. The third kappa shape index (κ3) is 3.95. The third-order valence-electron chi connectivity index (χ3n) is 7.20. The second-order valence-electron chi connectivity index (χ2n) is 10.0. The van der Waals surface area contributed by atoms with Gasteiger partial charge in [0.25, 0.3) is 5.69 Å². The number of benzene rings is 4. The molecule has 0 amide bonds. The summed E-state index contributed by atoms with van der Waals surface area (Å²) >= 11 is 0. The molecule has 4 aromatic carbocycles. The molecule has 0 fully saturated rings. The van der Waals surface area contributed by atoms with Crippen LogP contribution in [0.1, 0.15) is 30.5 Å². The van der Waals surface area contributed by atoms with Gasteiger partial charge in [-0.15, -0.1) is 0 Å². The largest absolute Gasteiger partial charge is 0.456 e. The van der Waals surface area contributed by atoms with Crippen LogP contribution >= 0.6 is 0 Å². The Morgan fingerprint density at radius 1 is 0.895 bits per heavy atom. The fourth-order valence-corrected chi connectivity index (χ4v) is 4.97. The number of hydrogen-bond donors (Lipinski definition) is 0. The standard InChI is InChI=1S/C32H23N3O3/c1-32(2,19-33)23-11-7-20(8-12-23)15-27-26-16-21(10-14-28(26)34-18-29(27)35(36)37)22-9-13-25-24-5-3-4-6-30(24)38-31(25)17-22/h3-14,16-18H,15H2,1-2H3. The van der Waals surface area contributed by atoms with Crippen LogP contribution in [0.4, 0.5) is 5.69 Å². The molecule has 6 heteroatoms. The van der Waals surface area contributed by atoms with E-state index in [1.807, 2.05) is 92.7 Å². The fourth-order valence-electron chi connectivity index (χ4n) is 4.97. The van der Waals surface area contributed by atoms with Crippen molar-refractivity contribution in [2.75, 3.05) is 0 Å². The Morgan fingerprint density at radius 2 is 1.61 bits per heavy atom. The first-order valence-electron chi connectivity index (χ1n) is 12.3. The van der Waals surface area contributed by atoms with Crippen LogP contribution in [0, 0.1) is 21.4 Å². The van der Waals surface area contributed by atoms with Crippen molar-refractivity contribution in [3.05, 3.63) is 118 Å². The van der Waals surface area contributed by atoms with Gasteiger partial charge in [-0.3, -0.25) is 10.1 Å². The van der Waals surface area contributed by atoms with Crippen molar-refractivity contribution >= 4 is 38.5 Å². The number of rotatable bonds is 5. The minimum Gasteiger partial charge on any atom is -0.456 e. The molecule has 2 aromatic heterocycles. The molecule has 0 saturated heterocycles. The van der Waals surface area contributed by atoms with E-state index in [0.29, 0.717) is 17.5 Å². The van der Waals surface area contributed by atoms with Gasteiger partial charge < -0.3 is 4.42 Å². The minimum absolute atomic E-state index is 0.0104. The van der Waals surface area contributed by atoms with E-state index in [2.05, 4.69) is 17.1 Å². The van der Waals surface area contributed by atoms with Gasteiger partial charge in [0.05, 0.1) is 21.9 Å². The molecule has 0 atom stereocenters. The molecule has 0 bridgehead atoms. The second-order valence-corrected chi connectivity index (χ2v) is 10.0.